The van der Waals surface area contributed by atoms with Crippen LogP contribution < -0.4 is 11.2 Å². The van der Waals surface area contributed by atoms with Crippen molar-refractivity contribution in [2.45, 2.75) is 38.9 Å². The highest BCUT2D eigenvalue weighted by molar-refractivity contribution is 6.62. The van der Waals surface area contributed by atoms with Gasteiger partial charge in [0.05, 0.1) is 11.2 Å². The second-order valence-corrected chi connectivity index (χ2v) is 7.62. The molecule has 25 heavy (non-hydrogen) atoms. The highest BCUT2D eigenvalue weighted by Gasteiger charge is 2.51. The van der Waals surface area contributed by atoms with Gasteiger partial charge in [0.2, 0.25) is 0 Å². The van der Waals surface area contributed by atoms with Crippen LogP contribution in [0.4, 0.5) is 5.69 Å². The molecule has 0 aliphatic carbocycles. The molecule has 0 bridgehead atoms. The van der Waals surface area contributed by atoms with E-state index in [1.54, 1.807) is 0 Å². The number of hydrogen-bond donors (Lipinski definition) is 1. The van der Waals surface area contributed by atoms with Crippen LogP contribution in [0.5, 0.6) is 0 Å². The van der Waals surface area contributed by atoms with E-state index in [1.807, 2.05) is 48.5 Å². The maximum atomic E-state index is 6.10. The molecule has 1 aromatic heterocycles. The van der Waals surface area contributed by atoms with E-state index in [1.165, 1.54) is 0 Å². The van der Waals surface area contributed by atoms with Gasteiger partial charge in [0.25, 0.3) is 0 Å². The molecule has 1 aliphatic rings. The first kappa shape index (κ1) is 16.2. The van der Waals surface area contributed by atoms with Crippen molar-refractivity contribution < 1.29 is 13.7 Å². The van der Waals surface area contributed by atoms with Crippen LogP contribution in [0.2, 0.25) is 0 Å². The fourth-order valence-corrected chi connectivity index (χ4v) is 2.97. The first-order chi connectivity index (χ1) is 11.7. The van der Waals surface area contributed by atoms with Crippen LogP contribution in [-0.4, -0.2) is 18.3 Å². The Kier molecular flexibility index (Phi) is 3.50. The number of fused-ring (bicyclic) bond motifs is 1. The molecule has 3 aromatic rings. The molecule has 1 aliphatic heterocycles. The molecule has 0 amide bonds. The smallest absolute Gasteiger partial charge is 0.456 e. The number of furan rings is 1. The summed E-state index contributed by atoms with van der Waals surface area (Å²) in [6, 6.07) is 15.8. The number of nitrogen functional groups attached to an aromatic ring is 1. The molecule has 2 aromatic carbocycles. The normalized spacial score (nSPS) is 18.8. The Hall–Kier alpha value is -2.24. The molecule has 1 fully saturated rings. The van der Waals surface area contributed by atoms with Gasteiger partial charge in [-0.25, -0.2) is 0 Å². The van der Waals surface area contributed by atoms with Gasteiger partial charge in [-0.15, -0.1) is 0 Å². The summed E-state index contributed by atoms with van der Waals surface area (Å²) in [7, 11) is -0.352. The van der Waals surface area contributed by atoms with Crippen molar-refractivity contribution in [3.8, 4) is 11.3 Å². The molecule has 1 saturated heterocycles. The fraction of sp³-hybridized carbons (Fsp3) is 0.300. The lowest BCUT2D eigenvalue weighted by molar-refractivity contribution is 0.00578. The van der Waals surface area contributed by atoms with Crippen molar-refractivity contribution in [1.29, 1.82) is 0 Å². The molecule has 2 heterocycles. The number of nitrogens with two attached hydrogens (primary N) is 1. The minimum Gasteiger partial charge on any atom is -0.456 e. The van der Waals surface area contributed by atoms with Crippen LogP contribution in [0.3, 0.4) is 0 Å². The van der Waals surface area contributed by atoms with E-state index in [9.17, 15) is 0 Å². The van der Waals surface area contributed by atoms with Gasteiger partial charge in [0.15, 0.2) is 0 Å². The highest BCUT2D eigenvalue weighted by atomic mass is 16.7. The second-order valence-electron chi connectivity index (χ2n) is 7.62. The first-order valence-electron chi connectivity index (χ1n) is 8.50. The predicted octanol–water partition coefficient (Wildman–Crippen LogP) is 3.98. The van der Waals surface area contributed by atoms with Gasteiger partial charge in [-0.05, 0) is 51.4 Å². The lowest BCUT2D eigenvalue weighted by Gasteiger charge is -2.32. The van der Waals surface area contributed by atoms with E-state index in [0.29, 0.717) is 5.69 Å². The van der Waals surface area contributed by atoms with Crippen molar-refractivity contribution in [2.24, 2.45) is 0 Å². The molecule has 0 unspecified atom stereocenters. The number of rotatable bonds is 2. The Morgan fingerprint density at radius 2 is 1.48 bits per heavy atom. The molecule has 0 atom stereocenters. The number of hydrogen-bond acceptors (Lipinski definition) is 4. The third kappa shape index (κ3) is 2.73. The molecule has 4 rings (SSSR count). The minimum absolute atomic E-state index is 0.338. The topological polar surface area (TPSA) is 57.6 Å². The van der Waals surface area contributed by atoms with Crippen molar-refractivity contribution in [2.75, 3.05) is 5.73 Å². The minimum atomic E-state index is -0.352. The molecule has 0 saturated carbocycles. The van der Waals surface area contributed by atoms with E-state index in [4.69, 9.17) is 19.5 Å². The van der Waals surface area contributed by atoms with Crippen LogP contribution >= 0.6 is 0 Å². The first-order valence-corrected chi connectivity index (χ1v) is 8.50. The lowest BCUT2D eigenvalue weighted by Crippen LogP contribution is -2.41. The quantitative estimate of drug-likeness (QED) is 0.568. The highest BCUT2D eigenvalue weighted by Crippen LogP contribution is 2.36. The maximum Gasteiger partial charge on any atom is 0.494 e. The largest absolute Gasteiger partial charge is 0.494 e. The molecule has 2 N–H and O–H groups in total. The average Bonchev–Trinajstić information content (AvgIpc) is 3.05. The van der Waals surface area contributed by atoms with Gasteiger partial charge in [-0.3, -0.25) is 0 Å². The summed E-state index contributed by atoms with van der Waals surface area (Å²) >= 11 is 0. The zero-order valence-electron chi connectivity index (χ0n) is 15.0. The molecular weight excluding hydrogens is 313 g/mol. The van der Waals surface area contributed by atoms with Gasteiger partial charge >= 0.3 is 7.12 Å². The Morgan fingerprint density at radius 1 is 0.840 bits per heavy atom. The van der Waals surface area contributed by atoms with Gasteiger partial charge in [0, 0.05) is 22.7 Å². The van der Waals surface area contributed by atoms with Crippen molar-refractivity contribution >= 4 is 29.2 Å². The molecule has 0 spiro atoms. The third-order valence-electron chi connectivity index (χ3n) is 5.26. The third-order valence-corrected chi connectivity index (χ3v) is 5.26. The van der Waals surface area contributed by atoms with Crippen LogP contribution in [0.15, 0.2) is 52.9 Å². The Balaban J connectivity index is 1.62. The van der Waals surface area contributed by atoms with Crippen LogP contribution in [0.25, 0.3) is 22.3 Å². The van der Waals surface area contributed by atoms with Crippen LogP contribution in [0.1, 0.15) is 27.7 Å². The lowest BCUT2D eigenvalue weighted by atomic mass is 9.79. The molecule has 128 valence electrons. The zero-order valence-corrected chi connectivity index (χ0v) is 15.0. The van der Waals surface area contributed by atoms with Gasteiger partial charge in [-0.2, -0.15) is 0 Å². The Morgan fingerprint density at radius 3 is 2.12 bits per heavy atom. The summed E-state index contributed by atoms with van der Waals surface area (Å²) in [4.78, 5) is 0. The summed E-state index contributed by atoms with van der Waals surface area (Å²) in [6.07, 6.45) is 0. The summed E-state index contributed by atoms with van der Waals surface area (Å²) < 4.78 is 18.1. The fourth-order valence-electron chi connectivity index (χ4n) is 2.97. The average molecular weight is 335 g/mol. The van der Waals surface area contributed by atoms with Crippen molar-refractivity contribution in [1.82, 2.24) is 0 Å². The Bertz CT molecular complexity index is 912. The van der Waals surface area contributed by atoms with E-state index >= 15 is 0 Å². The van der Waals surface area contributed by atoms with Crippen LogP contribution in [-0.2, 0) is 9.31 Å². The monoisotopic (exact) mass is 335 g/mol. The summed E-state index contributed by atoms with van der Waals surface area (Å²) in [5.41, 5.74) is 8.65. The summed E-state index contributed by atoms with van der Waals surface area (Å²) in [5, 5.41) is 1.04. The van der Waals surface area contributed by atoms with Crippen molar-refractivity contribution in [3.63, 3.8) is 0 Å². The number of anilines is 1. The molecule has 5 heteroatoms. The van der Waals surface area contributed by atoms with E-state index < -0.39 is 0 Å². The van der Waals surface area contributed by atoms with Gasteiger partial charge in [-0.1, -0.05) is 24.3 Å². The summed E-state index contributed by atoms with van der Waals surface area (Å²) in [6.45, 7) is 8.23. The van der Waals surface area contributed by atoms with Crippen LogP contribution in [0, 0.1) is 0 Å². The standard InChI is InChI=1S/C20H22BNO3/c1-19(2)20(3,4)25-21(24-19)15-8-5-13(6-9-15)17-11-14-7-10-16(22)12-18(14)23-17/h5-12H,22H2,1-4H3. The molecule has 0 radical (unpaired) electrons. The maximum absolute atomic E-state index is 6.10. The second kappa shape index (κ2) is 5.38. The zero-order chi connectivity index (χ0) is 17.8. The van der Waals surface area contributed by atoms with Gasteiger partial charge in [0.1, 0.15) is 11.3 Å². The Labute approximate surface area is 148 Å². The van der Waals surface area contributed by atoms with E-state index in [2.05, 4.69) is 27.7 Å². The number of benzene rings is 2. The van der Waals surface area contributed by atoms with Gasteiger partial charge < -0.3 is 19.5 Å². The van der Waals surface area contributed by atoms with Crippen molar-refractivity contribution in [3.05, 3.63) is 48.5 Å². The molecule has 4 nitrogen and oxygen atoms in total. The summed E-state index contributed by atoms with van der Waals surface area (Å²) in [5.74, 6) is 0.820. The predicted molar refractivity (Wildman–Crippen MR) is 102 cm³/mol. The van der Waals surface area contributed by atoms with E-state index in [-0.39, 0.29) is 18.3 Å². The SMILES string of the molecule is CC1(C)OB(c2ccc(-c3cc4ccc(N)cc4o3)cc2)OC1(C)C. The van der Waals surface area contributed by atoms with E-state index in [0.717, 1.165) is 27.8 Å². The molecular formula is C20H22BNO3.